The SMILES string of the molecule is Cc1c2c3c(cc(CO)cc3[nH]c1=O)CC2. The molecule has 0 spiro atoms. The highest BCUT2D eigenvalue weighted by atomic mass is 16.3. The normalized spacial score (nSPS) is 13.6. The van der Waals surface area contributed by atoms with Crippen molar-refractivity contribution in [3.63, 3.8) is 0 Å². The number of aryl methyl sites for hydroxylation is 2. The molecule has 0 amide bonds. The van der Waals surface area contributed by atoms with Crippen LogP contribution in [0.15, 0.2) is 16.9 Å². The van der Waals surface area contributed by atoms with Crippen molar-refractivity contribution in [1.29, 1.82) is 0 Å². The van der Waals surface area contributed by atoms with Crippen LogP contribution in [0.1, 0.15) is 22.3 Å². The van der Waals surface area contributed by atoms with Gasteiger partial charge in [-0.15, -0.1) is 0 Å². The smallest absolute Gasteiger partial charge is 0.251 e. The van der Waals surface area contributed by atoms with E-state index in [0.29, 0.717) is 0 Å². The molecule has 1 aliphatic carbocycles. The fourth-order valence-electron chi connectivity index (χ4n) is 2.62. The minimum Gasteiger partial charge on any atom is -0.392 e. The topological polar surface area (TPSA) is 53.1 Å². The zero-order valence-corrected chi connectivity index (χ0v) is 9.13. The lowest BCUT2D eigenvalue weighted by atomic mass is 10.0. The number of rotatable bonds is 1. The van der Waals surface area contributed by atoms with Gasteiger partial charge in [0.15, 0.2) is 0 Å². The molecule has 0 fully saturated rings. The minimum atomic E-state index is -0.00885. The maximum Gasteiger partial charge on any atom is 0.251 e. The molecule has 1 aromatic carbocycles. The molecule has 0 bridgehead atoms. The Hall–Kier alpha value is -1.61. The van der Waals surface area contributed by atoms with E-state index in [-0.39, 0.29) is 12.2 Å². The molecule has 1 heterocycles. The third-order valence-corrected chi connectivity index (χ3v) is 3.45. The number of aromatic nitrogens is 1. The van der Waals surface area contributed by atoms with Crippen LogP contribution < -0.4 is 5.56 Å². The molecule has 0 saturated carbocycles. The Morgan fingerprint density at radius 2 is 2.19 bits per heavy atom. The molecule has 3 rings (SSSR count). The number of aromatic amines is 1. The second-order valence-corrected chi connectivity index (χ2v) is 4.39. The molecule has 2 N–H and O–H groups in total. The molecule has 0 radical (unpaired) electrons. The lowest BCUT2D eigenvalue weighted by molar-refractivity contribution is 0.282. The molecular formula is C13H13NO2. The number of H-pyrrole nitrogens is 1. The number of benzene rings is 1. The summed E-state index contributed by atoms with van der Waals surface area (Å²) < 4.78 is 0. The molecule has 3 nitrogen and oxygen atoms in total. The van der Waals surface area contributed by atoms with Crippen molar-refractivity contribution in [3.8, 4) is 0 Å². The summed E-state index contributed by atoms with van der Waals surface area (Å²) >= 11 is 0. The van der Waals surface area contributed by atoms with Crippen LogP contribution in [0.3, 0.4) is 0 Å². The van der Waals surface area contributed by atoms with E-state index in [4.69, 9.17) is 5.11 Å². The average Bonchev–Trinajstić information content (AvgIpc) is 2.70. The molecule has 82 valence electrons. The highest BCUT2D eigenvalue weighted by Gasteiger charge is 2.18. The van der Waals surface area contributed by atoms with Crippen LogP contribution in [0.4, 0.5) is 0 Å². The summed E-state index contributed by atoms with van der Waals surface area (Å²) in [6.07, 6.45) is 1.91. The molecule has 2 aromatic rings. The number of aliphatic hydroxyl groups excluding tert-OH is 1. The zero-order chi connectivity index (χ0) is 11.3. The number of hydrogen-bond donors (Lipinski definition) is 2. The molecule has 1 aromatic heterocycles. The molecule has 16 heavy (non-hydrogen) atoms. The van der Waals surface area contributed by atoms with Gasteiger partial charge < -0.3 is 10.1 Å². The number of nitrogens with one attached hydrogen (secondary N) is 1. The van der Waals surface area contributed by atoms with E-state index in [1.165, 1.54) is 16.5 Å². The summed E-state index contributed by atoms with van der Waals surface area (Å²) in [4.78, 5) is 14.6. The molecule has 0 atom stereocenters. The fourth-order valence-corrected chi connectivity index (χ4v) is 2.62. The van der Waals surface area contributed by atoms with Gasteiger partial charge in [-0.1, -0.05) is 6.07 Å². The van der Waals surface area contributed by atoms with E-state index in [2.05, 4.69) is 4.98 Å². The third-order valence-electron chi connectivity index (χ3n) is 3.45. The zero-order valence-electron chi connectivity index (χ0n) is 9.13. The molecule has 1 aliphatic rings. The van der Waals surface area contributed by atoms with Gasteiger partial charge >= 0.3 is 0 Å². The Bertz CT molecular complexity index is 640. The molecule has 0 unspecified atom stereocenters. The first-order chi connectivity index (χ1) is 7.70. The predicted octanol–water partition coefficient (Wildman–Crippen LogP) is 1.43. The van der Waals surface area contributed by atoms with Crippen molar-refractivity contribution in [1.82, 2.24) is 4.98 Å². The van der Waals surface area contributed by atoms with Crippen molar-refractivity contribution in [3.05, 3.63) is 44.7 Å². The van der Waals surface area contributed by atoms with Gasteiger partial charge in [0.2, 0.25) is 0 Å². The quantitative estimate of drug-likeness (QED) is 0.756. The Kier molecular flexibility index (Phi) is 1.91. The second-order valence-electron chi connectivity index (χ2n) is 4.39. The maximum absolute atomic E-state index is 11.7. The Morgan fingerprint density at radius 1 is 1.38 bits per heavy atom. The Labute approximate surface area is 92.7 Å². The highest BCUT2D eigenvalue weighted by molar-refractivity contribution is 5.89. The van der Waals surface area contributed by atoms with E-state index in [0.717, 1.165) is 29.5 Å². The van der Waals surface area contributed by atoms with E-state index in [1.54, 1.807) is 0 Å². The van der Waals surface area contributed by atoms with Gasteiger partial charge in [0.25, 0.3) is 5.56 Å². The number of pyridine rings is 1. The lowest BCUT2D eigenvalue weighted by Gasteiger charge is -2.06. The molecular weight excluding hydrogens is 202 g/mol. The predicted molar refractivity (Wildman–Crippen MR) is 62.6 cm³/mol. The van der Waals surface area contributed by atoms with E-state index < -0.39 is 0 Å². The summed E-state index contributed by atoms with van der Waals surface area (Å²) in [5, 5.41) is 10.4. The fraction of sp³-hybridized carbons (Fsp3) is 0.308. The largest absolute Gasteiger partial charge is 0.392 e. The third kappa shape index (κ3) is 1.15. The summed E-state index contributed by atoms with van der Waals surface area (Å²) in [6.45, 7) is 1.90. The second kappa shape index (κ2) is 3.19. The van der Waals surface area contributed by atoms with E-state index >= 15 is 0 Å². The average molecular weight is 215 g/mol. The van der Waals surface area contributed by atoms with Gasteiger partial charge in [-0.25, -0.2) is 0 Å². The van der Waals surface area contributed by atoms with E-state index in [9.17, 15) is 4.79 Å². The first-order valence-corrected chi connectivity index (χ1v) is 5.49. The van der Waals surface area contributed by atoms with Crippen molar-refractivity contribution >= 4 is 10.9 Å². The van der Waals surface area contributed by atoms with Crippen LogP contribution in [0.2, 0.25) is 0 Å². The van der Waals surface area contributed by atoms with Crippen molar-refractivity contribution in [2.75, 3.05) is 0 Å². The van der Waals surface area contributed by atoms with Crippen LogP contribution in [0, 0.1) is 6.92 Å². The first-order valence-electron chi connectivity index (χ1n) is 5.49. The molecule has 0 saturated heterocycles. The van der Waals surface area contributed by atoms with Crippen molar-refractivity contribution < 1.29 is 5.11 Å². The summed E-state index contributed by atoms with van der Waals surface area (Å²) in [5.74, 6) is 0. The van der Waals surface area contributed by atoms with Crippen molar-refractivity contribution in [2.45, 2.75) is 26.4 Å². The van der Waals surface area contributed by atoms with Crippen LogP contribution >= 0.6 is 0 Å². The maximum atomic E-state index is 11.7. The van der Waals surface area contributed by atoms with Crippen LogP contribution in [0.25, 0.3) is 10.9 Å². The van der Waals surface area contributed by atoms with Crippen LogP contribution in [-0.4, -0.2) is 10.1 Å². The van der Waals surface area contributed by atoms with E-state index in [1.807, 2.05) is 19.1 Å². The molecule has 3 heteroatoms. The first kappa shape index (κ1) is 9.60. The lowest BCUT2D eigenvalue weighted by Crippen LogP contribution is -2.11. The summed E-state index contributed by atoms with van der Waals surface area (Å²) in [7, 11) is 0. The number of aliphatic hydroxyl groups is 1. The van der Waals surface area contributed by atoms with Gasteiger partial charge in [-0.05, 0) is 42.5 Å². The van der Waals surface area contributed by atoms with Crippen LogP contribution in [-0.2, 0) is 19.4 Å². The van der Waals surface area contributed by atoms with Gasteiger partial charge in [-0.3, -0.25) is 4.79 Å². The van der Waals surface area contributed by atoms with Crippen molar-refractivity contribution in [2.24, 2.45) is 0 Å². The standard InChI is InChI=1S/C13H13NO2/c1-7-10-3-2-9-4-8(6-15)5-11(12(9)10)14-13(7)16/h4-5,15H,2-3,6H2,1H3,(H,14,16). The number of hydrogen-bond acceptors (Lipinski definition) is 2. The van der Waals surface area contributed by atoms with Gasteiger partial charge in [0.1, 0.15) is 0 Å². The van der Waals surface area contributed by atoms with Crippen LogP contribution in [0.5, 0.6) is 0 Å². The highest BCUT2D eigenvalue weighted by Crippen LogP contribution is 2.31. The van der Waals surface area contributed by atoms with Gasteiger partial charge in [-0.2, -0.15) is 0 Å². The minimum absolute atomic E-state index is 0.00885. The van der Waals surface area contributed by atoms with Gasteiger partial charge in [0, 0.05) is 16.5 Å². The molecule has 0 aliphatic heterocycles. The Balaban J connectivity index is 2.49. The monoisotopic (exact) mass is 215 g/mol. The van der Waals surface area contributed by atoms with Gasteiger partial charge in [0.05, 0.1) is 6.61 Å². The summed E-state index contributed by atoms with van der Waals surface area (Å²) in [5.41, 5.74) is 4.99. The Morgan fingerprint density at radius 3 is 2.94 bits per heavy atom. The summed E-state index contributed by atoms with van der Waals surface area (Å²) in [6, 6.07) is 3.91.